The van der Waals surface area contributed by atoms with Gasteiger partial charge in [-0.2, -0.15) is 0 Å². The molecule has 3 amide bonds. The second-order valence-corrected chi connectivity index (χ2v) is 8.16. The molecule has 7 nitrogen and oxygen atoms in total. The quantitative estimate of drug-likeness (QED) is 0.703. The van der Waals surface area contributed by atoms with E-state index in [1.54, 1.807) is 4.90 Å². The predicted octanol–water partition coefficient (Wildman–Crippen LogP) is 2.24. The molecule has 0 spiro atoms. The lowest BCUT2D eigenvalue weighted by molar-refractivity contribution is -0.133. The van der Waals surface area contributed by atoms with E-state index >= 15 is 0 Å². The van der Waals surface area contributed by atoms with Gasteiger partial charge in [0.15, 0.2) is 0 Å². The normalized spacial score (nSPS) is 15.5. The van der Waals surface area contributed by atoms with Crippen molar-refractivity contribution in [3.8, 4) is 0 Å². The van der Waals surface area contributed by atoms with Crippen molar-refractivity contribution < 1.29 is 18.8 Å². The molecule has 1 atom stereocenters. The van der Waals surface area contributed by atoms with E-state index in [9.17, 15) is 18.8 Å². The summed E-state index contributed by atoms with van der Waals surface area (Å²) in [6.07, 6.45) is 0.213. The number of anilines is 1. The molecule has 0 bridgehead atoms. The van der Waals surface area contributed by atoms with Crippen molar-refractivity contribution in [2.24, 2.45) is 0 Å². The molecule has 30 heavy (non-hydrogen) atoms. The summed E-state index contributed by atoms with van der Waals surface area (Å²) in [5.41, 5.74) is 0.549. The van der Waals surface area contributed by atoms with Gasteiger partial charge in [-0.3, -0.25) is 19.3 Å². The van der Waals surface area contributed by atoms with Crippen molar-refractivity contribution >= 4 is 34.7 Å². The Bertz CT molecular complexity index is 865. The number of nitrogens with one attached hydrogen (secondary N) is 2. The van der Waals surface area contributed by atoms with Crippen LogP contribution in [0.5, 0.6) is 0 Å². The number of carbonyl (C=O) groups is 3. The van der Waals surface area contributed by atoms with Gasteiger partial charge < -0.3 is 15.5 Å². The number of halogens is 1. The Morgan fingerprint density at radius 1 is 1.10 bits per heavy atom. The molecule has 3 rings (SSSR count). The van der Waals surface area contributed by atoms with Crippen LogP contribution >= 0.6 is 11.3 Å². The number of hydrogen-bond acceptors (Lipinski definition) is 5. The van der Waals surface area contributed by atoms with Crippen LogP contribution in [0.4, 0.5) is 10.1 Å². The van der Waals surface area contributed by atoms with Gasteiger partial charge in [0.25, 0.3) is 0 Å². The molecule has 1 fully saturated rings. The number of amides is 3. The van der Waals surface area contributed by atoms with E-state index < -0.39 is 0 Å². The Morgan fingerprint density at radius 3 is 2.40 bits per heavy atom. The van der Waals surface area contributed by atoms with Crippen LogP contribution in [0.3, 0.4) is 0 Å². The maximum absolute atomic E-state index is 12.9. The SMILES string of the molecule is CC(=O)NC(CC(=O)N1CCN(CC(=O)Nc2ccc(F)cc2)CC1)c1cccs1. The molecule has 1 aromatic carbocycles. The first-order valence-corrected chi connectivity index (χ1v) is 10.6. The van der Waals surface area contributed by atoms with Crippen LogP contribution in [-0.2, 0) is 14.4 Å². The lowest BCUT2D eigenvalue weighted by Gasteiger charge is -2.35. The molecule has 1 unspecified atom stereocenters. The summed E-state index contributed by atoms with van der Waals surface area (Å²) in [5.74, 6) is -0.714. The summed E-state index contributed by atoms with van der Waals surface area (Å²) in [6, 6.07) is 9.11. The zero-order valence-corrected chi connectivity index (χ0v) is 17.6. The van der Waals surface area contributed by atoms with Crippen LogP contribution in [-0.4, -0.2) is 60.2 Å². The van der Waals surface area contributed by atoms with Gasteiger partial charge in [0.05, 0.1) is 19.0 Å². The van der Waals surface area contributed by atoms with Crippen molar-refractivity contribution in [2.45, 2.75) is 19.4 Å². The number of thiophene rings is 1. The average molecular weight is 433 g/mol. The fourth-order valence-electron chi connectivity index (χ4n) is 3.35. The van der Waals surface area contributed by atoms with Crippen LogP contribution < -0.4 is 10.6 Å². The van der Waals surface area contributed by atoms with Gasteiger partial charge in [0.2, 0.25) is 17.7 Å². The lowest BCUT2D eigenvalue weighted by atomic mass is 10.1. The molecule has 1 aliphatic heterocycles. The van der Waals surface area contributed by atoms with Gasteiger partial charge in [0, 0.05) is 43.7 Å². The van der Waals surface area contributed by atoms with Crippen LogP contribution in [0.15, 0.2) is 41.8 Å². The van der Waals surface area contributed by atoms with Crippen molar-refractivity contribution in [3.05, 3.63) is 52.5 Å². The molecule has 1 aliphatic rings. The van der Waals surface area contributed by atoms with E-state index in [1.807, 2.05) is 22.4 Å². The van der Waals surface area contributed by atoms with Gasteiger partial charge in [0.1, 0.15) is 5.82 Å². The highest BCUT2D eigenvalue weighted by atomic mass is 32.1. The number of piperazine rings is 1. The minimum absolute atomic E-state index is 0.0161. The molecular formula is C21H25FN4O3S. The third kappa shape index (κ3) is 6.36. The first-order chi connectivity index (χ1) is 14.4. The third-order valence-corrected chi connectivity index (χ3v) is 5.85. The largest absolute Gasteiger partial charge is 0.348 e. The van der Waals surface area contributed by atoms with Crippen molar-refractivity contribution in [1.82, 2.24) is 15.1 Å². The molecular weight excluding hydrogens is 407 g/mol. The van der Waals surface area contributed by atoms with Crippen LogP contribution in [0.2, 0.25) is 0 Å². The van der Waals surface area contributed by atoms with E-state index in [2.05, 4.69) is 10.6 Å². The summed E-state index contributed by atoms with van der Waals surface area (Å²) in [7, 11) is 0. The zero-order chi connectivity index (χ0) is 21.5. The van der Waals surface area contributed by atoms with Crippen LogP contribution in [0, 0.1) is 5.82 Å². The second-order valence-electron chi connectivity index (χ2n) is 7.18. The monoisotopic (exact) mass is 432 g/mol. The lowest BCUT2D eigenvalue weighted by Crippen LogP contribution is -2.51. The summed E-state index contributed by atoms with van der Waals surface area (Å²) in [5, 5.41) is 7.52. The topological polar surface area (TPSA) is 81.8 Å². The van der Waals surface area contributed by atoms with E-state index in [1.165, 1.54) is 42.5 Å². The highest BCUT2D eigenvalue weighted by molar-refractivity contribution is 7.10. The second kappa shape index (κ2) is 10.3. The van der Waals surface area contributed by atoms with Crippen molar-refractivity contribution in [1.29, 1.82) is 0 Å². The van der Waals surface area contributed by atoms with E-state index in [4.69, 9.17) is 0 Å². The van der Waals surface area contributed by atoms with Gasteiger partial charge in [-0.25, -0.2) is 4.39 Å². The molecule has 2 aromatic rings. The third-order valence-electron chi connectivity index (χ3n) is 4.86. The molecule has 1 saturated heterocycles. The Kier molecular flexibility index (Phi) is 7.53. The predicted molar refractivity (Wildman–Crippen MR) is 114 cm³/mol. The Morgan fingerprint density at radius 2 is 1.80 bits per heavy atom. The van der Waals surface area contributed by atoms with Gasteiger partial charge in [-0.15, -0.1) is 11.3 Å². The maximum Gasteiger partial charge on any atom is 0.238 e. The van der Waals surface area contributed by atoms with Gasteiger partial charge in [-0.1, -0.05) is 6.07 Å². The molecule has 0 radical (unpaired) electrons. The minimum Gasteiger partial charge on any atom is -0.348 e. The van der Waals surface area contributed by atoms with Crippen molar-refractivity contribution in [2.75, 3.05) is 38.0 Å². The summed E-state index contributed by atoms with van der Waals surface area (Å²) >= 11 is 1.51. The highest BCUT2D eigenvalue weighted by Crippen LogP contribution is 2.23. The molecule has 160 valence electrons. The molecule has 2 N–H and O–H groups in total. The number of nitrogens with zero attached hydrogens (tertiary/aromatic N) is 2. The number of rotatable bonds is 7. The van der Waals surface area contributed by atoms with E-state index in [0.29, 0.717) is 31.9 Å². The molecule has 0 aliphatic carbocycles. The summed E-state index contributed by atoms with van der Waals surface area (Å²) < 4.78 is 12.9. The van der Waals surface area contributed by atoms with Crippen molar-refractivity contribution in [3.63, 3.8) is 0 Å². The number of hydrogen-bond donors (Lipinski definition) is 2. The minimum atomic E-state index is -0.353. The number of carbonyl (C=O) groups excluding carboxylic acids is 3. The van der Waals surface area contributed by atoms with E-state index in [-0.39, 0.29) is 42.5 Å². The Balaban J connectivity index is 1.46. The maximum atomic E-state index is 12.9. The fourth-order valence-corrected chi connectivity index (χ4v) is 4.13. The van der Waals surface area contributed by atoms with E-state index in [0.717, 1.165) is 4.88 Å². The number of benzene rings is 1. The van der Waals surface area contributed by atoms with Gasteiger partial charge in [-0.05, 0) is 35.7 Å². The van der Waals surface area contributed by atoms with Crippen LogP contribution in [0.1, 0.15) is 24.3 Å². The zero-order valence-electron chi connectivity index (χ0n) is 16.8. The molecule has 0 saturated carbocycles. The first-order valence-electron chi connectivity index (χ1n) is 9.77. The standard InChI is InChI=1S/C21H25FN4O3S/c1-15(27)23-18(19-3-2-12-30-19)13-21(29)26-10-8-25(9-11-26)14-20(28)24-17-6-4-16(22)5-7-17/h2-7,12,18H,8-11,13-14H2,1H3,(H,23,27)(H,24,28). The molecule has 1 aromatic heterocycles. The molecule has 2 heterocycles. The highest BCUT2D eigenvalue weighted by Gasteiger charge is 2.26. The first kappa shape index (κ1) is 21.9. The summed E-state index contributed by atoms with van der Waals surface area (Å²) in [6.45, 7) is 3.89. The Labute approximate surface area is 178 Å². The average Bonchev–Trinajstić information content (AvgIpc) is 3.24. The Hall–Kier alpha value is -2.78. The smallest absolute Gasteiger partial charge is 0.238 e. The fraction of sp³-hybridized carbons (Fsp3) is 0.381. The molecule has 9 heteroatoms. The summed E-state index contributed by atoms with van der Waals surface area (Å²) in [4.78, 5) is 41.1. The van der Waals surface area contributed by atoms with Gasteiger partial charge >= 0.3 is 0 Å². The van der Waals surface area contributed by atoms with Crippen LogP contribution in [0.25, 0.3) is 0 Å².